The molecule has 1 aliphatic heterocycles. The molecule has 1 atom stereocenters. The molecular weight excluding hydrogens is 275 g/mol. The molecule has 0 N–H and O–H groups in total. The fraction of sp³-hybridized carbons (Fsp3) is 0.158. The van der Waals surface area contributed by atoms with Gasteiger partial charge in [0.05, 0.1) is 0 Å². The highest BCUT2D eigenvalue weighted by atomic mass is 31.2. The predicted molar refractivity (Wildman–Crippen MR) is 88.4 cm³/mol. The highest BCUT2D eigenvalue weighted by Crippen LogP contribution is 2.55. The summed E-state index contributed by atoms with van der Waals surface area (Å²) in [6, 6.07) is 18.8. The van der Waals surface area contributed by atoms with Crippen LogP contribution >= 0.6 is 7.14 Å². The topological polar surface area (TPSA) is 17.1 Å². The van der Waals surface area contributed by atoms with Crippen LogP contribution in [0.1, 0.15) is 16.7 Å². The lowest BCUT2D eigenvalue weighted by Gasteiger charge is -2.14. The van der Waals surface area contributed by atoms with E-state index < -0.39 is 7.14 Å². The van der Waals surface area contributed by atoms with Gasteiger partial charge in [-0.3, -0.25) is 0 Å². The first-order chi connectivity index (χ1) is 10.3. The molecule has 0 amide bonds. The Hall–Kier alpha value is -1.85. The molecule has 5 rings (SSSR count). The molecule has 3 aromatic rings. The third-order valence-electron chi connectivity index (χ3n) is 5.02. The van der Waals surface area contributed by atoms with Crippen molar-refractivity contribution in [3.05, 3.63) is 71.3 Å². The van der Waals surface area contributed by atoms with Gasteiger partial charge in [0.2, 0.25) is 0 Å². The van der Waals surface area contributed by atoms with E-state index in [0.717, 1.165) is 23.5 Å². The van der Waals surface area contributed by atoms with Crippen LogP contribution in [-0.2, 0) is 23.6 Å². The molecule has 21 heavy (non-hydrogen) atoms. The lowest BCUT2D eigenvalue weighted by Crippen LogP contribution is -2.13. The standard InChI is InChI=1S/C19H15OP/c20-21(16-4-2-1-3-5-16)12-15-9-8-13-6-7-14-10-11-17(21)19(15)18(13)14/h1-5,8-11H,6-7,12H2/t21-/m1/s1. The van der Waals surface area contributed by atoms with E-state index >= 15 is 0 Å². The van der Waals surface area contributed by atoms with Crippen molar-refractivity contribution in [1.82, 2.24) is 0 Å². The Morgan fingerprint density at radius 3 is 2.14 bits per heavy atom. The first-order valence-corrected chi connectivity index (χ1v) is 9.38. The van der Waals surface area contributed by atoms with Crippen LogP contribution < -0.4 is 10.6 Å². The lowest BCUT2D eigenvalue weighted by atomic mass is 10.0. The monoisotopic (exact) mass is 290 g/mol. The Labute approximate surface area is 124 Å². The Kier molecular flexibility index (Phi) is 2.17. The van der Waals surface area contributed by atoms with Gasteiger partial charge in [-0.25, -0.2) is 0 Å². The molecule has 1 heterocycles. The van der Waals surface area contributed by atoms with Gasteiger partial charge in [-0.15, -0.1) is 0 Å². The summed E-state index contributed by atoms with van der Waals surface area (Å²) >= 11 is 0. The highest BCUT2D eigenvalue weighted by molar-refractivity contribution is 7.79. The quantitative estimate of drug-likeness (QED) is 0.624. The van der Waals surface area contributed by atoms with Gasteiger partial charge in [0.15, 0.2) is 0 Å². The summed E-state index contributed by atoms with van der Waals surface area (Å²) in [6.07, 6.45) is 2.95. The molecule has 2 aliphatic rings. The zero-order valence-corrected chi connectivity index (χ0v) is 12.6. The first-order valence-electron chi connectivity index (χ1n) is 7.49. The normalized spacial score (nSPS) is 22.1. The molecular formula is C19H15OP. The Morgan fingerprint density at radius 2 is 1.38 bits per heavy atom. The van der Waals surface area contributed by atoms with Gasteiger partial charge in [-0.05, 0) is 40.3 Å². The Balaban J connectivity index is 1.89. The minimum absolute atomic E-state index is 0.687. The minimum Gasteiger partial charge on any atom is -0.313 e. The summed E-state index contributed by atoms with van der Waals surface area (Å²) in [4.78, 5) is 0. The molecule has 0 fully saturated rings. The molecule has 0 unspecified atom stereocenters. The van der Waals surface area contributed by atoms with E-state index in [0.29, 0.717) is 6.16 Å². The largest absolute Gasteiger partial charge is 0.313 e. The Morgan fingerprint density at radius 1 is 0.714 bits per heavy atom. The molecule has 102 valence electrons. The maximum atomic E-state index is 13.8. The zero-order valence-electron chi connectivity index (χ0n) is 11.7. The van der Waals surface area contributed by atoms with E-state index in [-0.39, 0.29) is 0 Å². The number of hydrogen-bond acceptors (Lipinski definition) is 1. The molecule has 2 heteroatoms. The smallest absolute Gasteiger partial charge is 0.148 e. The maximum absolute atomic E-state index is 13.8. The SMILES string of the molecule is O=[P@@]1(c2ccccc2)Cc2ccc3c4c(ccc1c24)CC3. The summed E-state index contributed by atoms with van der Waals surface area (Å²) < 4.78 is 13.8. The fourth-order valence-corrected chi connectivity index (χ4v) is 7.00. The van der Waals surface area contributed by atoms with Crippen molar-refractivity contribution in [1.29, 1.82) is 0 Å². The van der Waals surface area contributed by atoms with Gasteiger partial charge in [0.1, 0.15) is 7.14 Å². The van der Waals surface area contributed by atoms with E-state index in [1.165, 1.54) is 27.5 Å². The fourth-order valence-electron chi connectivity index (χ4n) is 4.04. The summed E-state index contributed by atoms with van der Waals surface area (Å²) in [7, 11) is -2.49. The van der Waals surface area contributed by atoms with Crippen molar-refractivity contribution in [3.8, 4) is 0 Å². The van der Waals surface area contributed by atoms with Crippen LogP contribution in [0.15, 0.2) is 54.6 Å². The van der Waals surface area contributed by atoms with Crippen LogP contribution in [0, 0.1) is 0 Å². The number of hydrogen-bond donors (Lipinski definition) is 0. The first kappa shape index (κ1) is 11.8. The van der Waals surface area contributed by atoms with E-state index in [1.807, 2.05) is 30.3 Å². The zero-order chi connectivity index (χ0) is 14.0. The van der Waals surface area contributed by atoms with Crippen LogP contribution in [0.3, 0.4) is 0 Å². The number of aryl methyl sites for hydroxylation is 2. The number of benzene rings is 3. The minimum atomic E-state index is -2.49. The van der Waals surface area contributed by atoms with Crippen molar-refractivity contribution in [2.24, 2.45) is 0 Å². The van der Waals surface area contributed by atoms with Crippen LogP contribution in [0.4, 0.5) is 0 Å². The molecule has 1 nitrogen and oxygen atoms in total. The van der Waals surface area contributed by atoms with E-state index in [4.69, 9.17) is 0 Å². The highest BCUT2D eigenvalue weighted by Gasteiger charge is 2.37. The van der Waals surface area contributed by atoms with Crippen molar-refractivity contribution in [2.45, 2.75) is 19.0 Å². The summed E-state index contributed by atoms with van der Waals surface area (Å²) in [5.41, 5.74) is 4.15. The lowest BCUT2D eigenvalue weighted by molar-refractivity contribution is 0.587. The molecule has 1 aliphatic carbocycles. The summed E-state index contributed by atoms with van der Waals surface area (Å²) in [5, 5.41) is 4.79. The van der Waals surface area contributed by atoms with Crippen molar-refractivity contribution in [2.75, 3.05) is 0 Å². The average Bonchev–Trinajstić information content (AvgIpc) is 3.07. The molecule has 0 spiro atoms. The van der Waals surface area contributed by atoms with E-state index in [1.54, 1.807) is 0 Å². The second-order valence-electron chi connectivity index (χ2n) is 6.11. The van der Waals surface area contributed by atoms with Crippen LogP contribution in [0.5, 0.6) is 0 Å². The predicted octanol–water partition coefficient (Wildman–Crippen LogP) is 3.77. The van der Waals surface area contributed by atoms with Gasteiger partial charge in [-0.1, -0.05) is 54.6 Å². The maximum Gasteiger partial charge on any atom is 0.148 e. The van der Waals surface area contributed by atoms with Gasteiger partial charge in [-0.2, -0.15) is 0 Å². The van der Waals surface area contributed by atoms with Crippen molar-refractivity contribution in [3.63, 3.8) is 0 Å². The van der Waals surface area contributed by atoms with Gasteiger partial charge < -0.3 is 4.57 Å². The molecule has 0 aromatic heterocycles. The molecule has 3 aromatic carbocycles. The third-order valence-corrected chi connectivity index (χ3v) is 8.09. The number of rotatable bonds is 1. The molecule has 0 saturated carbocycles. The van der Waals surface area contributed by atoms with Crippen molar-refractivity contribution >= 4 is 28.5 Å². The van der Waals surface area contributed by atoms with E-state index in [9.17, 15) is 4.57 Å². The third kappa shape index (κ3) is 1.40. The summed E-state index contributed by atoms with van der Waals surface area (Å²) in [6.45, 7) is 0. The van der Waals surface area contributed by atoms with Crippen LogP contribution in [0.2, 0.25) is 0 Å². The second kappa shape index (κ2) is 3.87. The van der Waals surface area contributed by atoms with Crippen molar-refractivity contribution < 1.29 is 4.57 Å². The van der Waals surface area contributed by atoms with E-state index in [2.05, 4.69) is 24.3 Å². The molecule has 0 bridgehead atoms. The van der Waals surface area contributed by atoms with Gasteiger partial charge in [0, 0.05) is 16.8 Å². The van der Waals surface area contributed by atoms with Crippen LogP contribution in [0.25, 0.3) is 10.8 Å². The summed E-state index contributed by atoms with van der Waals surface area (Å²) in [5.74, 6) is 0. The average molecular weight is 290 g/mol. The van der Waals surface area contributed by atoms with Gasteiger partial charge >= 0.3 is 0 Å². The second-order valence-corrected chi connectivity index (χ2v) is 8.90. The van der Waals surface area contributed by atoms with Gasteiger partial charge in [0.25, 0.3) is 0 Å². The Bertz CT molecular complexity index is 930. The van der Waals surface area contributed by atoms with Crippen LogP contribution in [-0.4, -0.2) is 0 Å². The molecule has 0 radical (unpaired) electrons. The molecule has 0 saturated heterocycles.